The van der Waals surface area contributed by atoms with Crippen molar-refractivity contribution in [2.24, 2.45) is 5.92 Å². The maximum atomic E-state index is 12.7. The number of ether oxygens (including phenoxy) is 1. The highest BCUT2D eigenvalue weighted by molar-refractivity contribution is 5.97. The largest absolute Gasteiger partial charge is 0.444 e. The van der Waals surface area contributed by atoms with Crippen LogP contribution in [-0.4, -0.2) is 65.9 Å². The maximum Gasteiger partial charge on any atom is 0.410 e. The number of anilines is 1. The third-order valence-corrected chi connectivity index (χ3v) is 5.27. The molecule has 0 bridgehead atoms. The van der Waals surface area contributed by atoms with Crippen LogP contribution in [0.25, 0.3) is 0 Å². The molecule has 1 aliphatic heterocycles. The van der Waals surface area contributed by atoms with E-state index in [0.29, 0.717) is 23.7 Å². The Balaban J connectivity index is 1.89. The first-order chi connectivity index (χ1) is 14.0. The molecule has 7 nitrogen and oxygen atoms in total. The number of Topliss-reactive ketones (excluding diaryl/α,β-unsaturated/α-hetero) is 1. The van der Waals surface area contributed by atoms with E-state index >= 15 is 0 Å². The number of carbonyl (C=O) groups is 3. The molecule has 1 heterocycles. The predicted molar refractivity (Wildman–Crippen MR) is 118 cm³/mol. The van der Waals surface area contributed by atoms with Crippen molar-refractivity contribution in [1.29, 1.82) is 0 Å². The lowest BCUT2D eigenvalue weighted by molar-refractivity contribution is -0.121. The molecule has 2 atom stereocenters. The van der Waals surface area contributed by atoms with Gasteiger partial charge < -0.3 is 15.0 Å². The number of hydrogen-bond donors (Lipinski definition) is 1. The fraction of sp³-hybridized carbons (Fsp3) is 0.609. The molecule has 0 saturated carbocycles. The quantitative estimate of drug-likeness (QED) is 0.713. The van der Waals surface area contributed by atoms with Gasteiger partial charge in [-0.25, -0.2) is 4.79 Å². The molecule has 7 heteroatoms. The molecule has 0 aliphatic carbocycles. The Morgan fingerprint density at radius 3 is 2.43 bits per heavy atom. The number of carbonyl (C=O) groups excluding carboxylic acids is 3. The van der Waals surface area contributed by atoms with Crippen molar-refractivity contribution < 1.29 is 19.1 Å². The Kier molecular flexibility index (Phi) is 8.01. The van der Waals surface area contributed by atoms with Gasteiger partial charge in [-0.1, -0.05) is 0 Å². The number of hydrogen-bond acceptors (Lipinski definition) is 5. The summed E-state index contributed by atoms with van der Waals surface area (Å²) in [5, 5.41) is 2.93. The van der Waals surface area contributed by atoms with Crippen LogP contribution < -0.4 is 5.32 Å². The average molecular weight is 418 g/mol. The lowest BCUT2D eigenvalue weighted by Crippen LogP contribution is -2.49. The zero-order chi connectivity index (χ0) is 22.5. The molecule has 1 fully saturated rings. The molecule has 2 amide bonds. The Bertz CT molecular complexity index is 755. The number of ketones is 1. The van der Waals surface area contributed by atoms with Crippen LogP contribution in [0.5, 0.6) is 0 Å². The van der Waals surface area contributed by atoms with E-state index in [2.05, 4.69) is 10.2 Å². The highest BCUT2D eigenvalue weighted by Gasteiger charge is 2.29. The van der Waals surface area contributed by atoms with Crippen LogP contribution in [0, 0.1) is 5.92 Å². The summed E-state index contributed by atoms with van der Waals surface area (Å²) in [6.07, 6.45) is 1.68. The van der Waals surface area contributed by atoms with Crippen LogP contribution in [0.1, 0.15) is 57.8 Å². The van der Waals surface area contributed by atoms with Crippen LogP contribution in [0.2, 0.25) is 0 Å². The molecule has 0 spiro atoms. The molecular weight excluding hydrogens is 382 g/mol. The minimum Gasteiger partial charge on any atom is -0.444 e. The summed E-state index contributed by atoms with van der Waals surface area (Å²) in [7, 11) is 1.76. The average Bonchev–Trinajstić information content (AvgIpc) is 2.66. The molecule has 2 unspecified atom stereocenters. The van der Waals surface area contributed by atoms with Crippen LogP contribution >= 0.6 is 0 Å². The van der Waals surface area contributed by atoms with Crippen LogP contribution in [0.15, 0.2) is 24.3 Å². The Morgan fingerprint density at radius 2 is 1.87 bits per heavy atom. The van der Waals surface area contributed by atoms with Gasteiger partial charge in [0.15, 0.2) is 5.78 Å². The standard InChI is InChI=1S/C23H35N3O4/c1-16(21(28)24-20-11-9-19(10-12-20)17(2)27)26-13-7-8-18(15-26)14-25(6)22(29)30-23(3,4)5/h9-12,16,18H,7-8,13-15H2,1-6H3,(H,24,28). The number of likely N-dealkylation sites (tertiary alicyclic amines) is 1. The lowest BCUT2D eigenvalue weighted by atomic mass is 9.96. The van der Waals surface area contributed by atoms with Crippen LogP contribution in [-0.2, 0) is 9.53 Å². The molecule has 1 aromatic rings. The predicted octanol–water partition coefficient (Wildman–Crippen LogP) is 3.80. The summed E-state index contributed by atoms with van der Waals surface area (Å²) in [6.45, 7) is 11.2. The topological polar surface area (TPSA) is 79.0 Å². The fourth-order valence-electron chi connectivity index (χ4n) is 3.60. The van der Waals surface area contributed by atoms with Gasteiger partial charge in [0.25, 0.3) is 0 Å². The molecule has 1 aromatic carbocycles. The molecule has 30 heavy (non-hydrogen) atoms. The Labute approximate surface area is 179 Å². The van der Waals surface area contributed by atoms with Crippen molar-refractivity contribution in [2.45, 2.75) is 59.1 Å². The fourth-order valence-corrected chi connectivity index (χ4v) is 3.60. The zero-order valence-electron chi connectivity index (χ0n) is 19.0. The van der Waals surface area contributed by atoms with Crippen molar-refractivity contribution >= 4 is 23.5 Å². The first-order valence-electron chi connectivity index (χ1n) is 10.6. The third kappa shape index (κ3) is 7.13. The van der Waals surface area contributed by atoms with Crippen LogP contribution in [0.4, 0.5) is 10.5 Å². The minimum atomic E-state index is -0.515. The van der Waals surface area contributed by atoms with E-state index in [1.165, 1.54) is 6.92 Å². The van der Waals surface area contributed by atoms with Gasteiger partial charge in [-0.2, -0.15) is 0 Å². The molecule has 1 N–H and O–H groups in total. The first-order valence-corrected chi connectivity index (χ1v) is 10.6. The Morgan fingerprint density at radius 1 is 1.23 bits per heavy atom. The lowest BCUT2D eigenvalue weighted by Gasteiger charge is -2.37. The van der Waals surface area contributed by atoms with Gasteiger partial charge in [-0.05, 0) is 84.2 Å². The summed E-state index contributed by atoms with van der Waals surface area (Å²) in [6, 6.07) is 6.64. The molecule has 2 rings (SSSR count). The van der Waals surface area contributed by atoms with E-state index in [4.69, 9.17) is 4.74 Å². The molecule has 1 saturated heterocycles. The summed E-state index contributed by atoms with van der Waals surface area (Å²) in [4.78, 5) is 40.1. The number of nitrogens with zero attached hydrogens (tertiary/aromatic N) is 2. The number of piperidine rings is 1. The maximum absolute atomic E-state index is 12.7. The van der Waals surface area contributed by atoms with Crippen molar-refractivity contribution in [3.05, 3.63) is 29.8 Å². The van der Waals surface area contributed by atoms with Crippen molar-refractivity contribution in [3.8, 4) is 0 Å². The number of nitrogens with one attached hydrogen (secondary N) is 1. The van der Waals surface area contributed by atoms with Crippen molar-refractivity contribution in [3.63, 3.8) is 0 Å². The van der Waals surface area contributed by atoms with E-state index in [-0.39, 0.29) is 23.8 Å². The normalized spacial score (nSPS) is 18.4. The second-order valence-corrected chi connectivity index (χ2v) is 9.16. The van der Waals surface area contributed by atoms with Gasteiger partial charge in [-0.15, -0.1) is 0 Å². The van der Waals surface area contributed by atoms with E-state index in [1.807, 2.05) is 27.7 Å². The first kappa shape index (κ1) is 23.9. The van der Waals surface area contributed by atoms with Gasteiger partial charge in [0, 0.05) is 31.4 Å². The SMILES string of the molecule is CC(=O)c1ccc(NC(=O)C(C)N2CCCC(CN(C)C(=O)OC(C)(C)C)C2)cc1. The summed E-state index contributed by atoms with van der Waals surface area (Å²) in [5.74, 6) is 0.213. The van der Waals surface area contributed by atoms with Crippen LogP contribution in [0.3, 0.4) is 0 Å². The van der Waals surface area contributed by atoms with Gasteiger partial charge in [0.1, 0.15) is 5.60 Å². The van der Waals surface area contributed by atoms with E-state index in [0.717, 1.165) is 25.9 Å². The number of amides is 2. The smallest absolute Gasteiger partial charge is 0.410 e. The van der Waals surface area contributed by atoms with Crippen molar-refractivity contribution in [2.75, 3.05) is 32.0 Å². The monoisotopic (exact) mass is 417 g/mol. The van der Waals surface area contributed by atoms with Gasteiger partial charge >= 0.3 is 6.09 Å². The molecule has 0 aromatic heterocycles. The van der Waals surface area contributed by atoms with E-state index < -0.39 is 5.60 Å². The number of benzene rings is 1. The highest BCUT2D eigenvalue weighted by atomic mass is 16.6. The second-order valence-electron chi connectivity index (χ2n) is 9.16. The van der Waals surface area contributed by atoms with E-state index in [1.54, 1.807) is 36.2 Å². The molecule has 1 aliphatic rings. The molecular formula is C23H35N3O4. The third-order valence-electron chi connectivity index (χ3n) is 5.27. The van der Waals surface area contributed by atoms with Gasteiger partial charge in [-0.3, -0.25) is 14.5 Å². The second kappa shape index (κ2) is 10.1. The summed E-state index contributed by atoms with van der Waals surface area (Å²) < 4.78 is 5.43. The van der Waals surface area contributed by atoms with Crippen molar-refractivity contribution in [1.82, 2.24) is 9.80 Å². The zero-order valence-corrected chi connectivity index (χ0v) is 19.0. The minimum absolute atomic E-state index is 0.00282. The number of rotatable bonds is 6. The highest BCUT2D eigenvalue weighted by Crippen LogP contribution is 2.21. The summed E-state index contributed by atoms with van der Waals surface area (Å²) >= 11 is 0. The van der Waals surface area contributed by atoms with E-state index in [9.17, 15) is 14.4 Å². The Hall–Kier alpha value is -2.41. The van der Waals surface area contributed by atoms with Gasteiger partial charge in [0.2, 0.25) is 5.91 Å². The molecule has 166 valence electrons. The molecule has 0 radical (unpaired) electrons. The van der Waals surface area contributed by atoms with Gasteiger partial charge in [0.05, 0.1) is 6.04 Å². The summed E-state index contributed by atoms with van der Waals surface area (Å²) in [5.41, 5.74) is 0.781.